The van der Waals surface area contributed by atoms with Crippen LogP contribution in [0.2, 0.25) is 0 Å². The first-order valence-electron chi connectivity index (χ1n) is 10.7. The molecular weight excluding hydrogens is 392 g/mol. The summed E-state index contributed by atoms with van der Waals surface area (Å²) in [6, 6.07) is 13.8. The van der Waals surface area contributed by atoms with Crippen LogP contribution >= 0.6 is 0 Å². The zero-order chi connectivity index (χ0) is 21.8. The van der Waals surface area contributed by atoms with Gasteiger partial charge in [0.1, 0.15) is 6.04 Å². The maximum absolute atomic E-state index is 13.0. The number of nitrogens with one attached hydrogen (secondary N) is 3. The average Bonchev–Trinajstić information content (AvgIpc) is 3.18. The highest BCUT2D eigenvalue weighted by Crippen LogP contribution is 2.40. The number of imide groups is 1. The molecule has 2 unspecified atom stereocenters. The van der Waals surface area contributed by atoms with Gasteiger partial charge in [0.05, 0.1) is 11.6 Å². The second-order valence-corrected chi connectivity index (χ2v) is 9.14. The van der Waals surface area contributed by atoms with E-state index in [1.807, 2.05) is 30.3 Å². The highest BCUT2D eigenvalue weighted by Gasteiger charge is 2.40. The fourth-order valence-electron chi connectivity index (χ4n) is 4.97. The van der Waals surface area contributed by atoms with Crippen molar-refractivity contribution in [1.29, 1.82) is 0 Å². The molecule has 3 heterocycles. The number of hydrogen-bond donors (Lipinski definition) is 3. The van der Waals surface area contributed by atoms with Gasteiger partial charge in [-0.15, -0.1) is 0 Å². The number of hydrogen-bond acceptors (Lipinski definition) is 5. The van der Waals surface area contributed by atoms with E-state index in [2.05, 4.69) is 41.9 Å². The third-order valence-corrected chi connectivity index (χ3v) is 6.55. The van der Waals surface area contributed by atoms with E-state index in [-0.39, 0.29) is 35.7 Å². The zero-order valence-electron chi connectivity index (χ0n) is 17.7. The number of benzene rings is 2. The van der Waals surface area contributed by atoms with Crippen molar-refractivity contribution in [2.75, 3.05) is 5.32 Å². The predicted octanol–water partition coefficient (Wildman–Crippen LogP) is 2.48. The van der Waals surface area contributed by atoms with Crippen molar-refractivity contribution in [2.45, 2.75) is 57.4 Å². The molecule has 0 aliphatic carbocycles. The molecule has 2 aromatic rings. The van der Waals surface area contributed by atoms with Gasteiger partial charge in [0, 0.05) is 30.8 Å². The van der Waals surface area contributed by atoms with E-state index in [1.54, 1.807) is 4.90 Å². The molecule has 7 nitrogen and oxygen atoms in total. The van der Waals surface area contributed by atoms with Crippen molar-refractivity contribution in [3.63, 3.8) is 0 Å². The lowest BCUT2D eigenvalue weighted by Gasteiger charge is -2.29. The van der Waals surface area contributed by atoms with Gasteiger partial charge in [0.25, 0.3) is 5.91 Å². The Morgan fingerprint density at radius 3 is 2.74 bits per heavy atom. The zero-order valence-corrected chi connectivity index (χ0v) is 17.7. The van der Waals surface area contributed by atoms with Crippen molar-refractivity contribution in [3.05, 3.63) is 64.7 Å². The normalized spacial score (nSPS) is 23.9. The lowest BCUT2D eigenvalue weighted by Crippen LogP contribution is -2.52. The van der Waals surface area contributed by atoms with Crippen LogP contribution in [0.3, 0.4) is 0 Å². The average molecular weight is 418 g/mol. The minimum absolute atomic E-state index is 0.126. The molecule has 5 rings (SSSR count). The van der Waals surface area contributed by atoms with Crippen LogP contribution < -0.4 is 16.0 Å². The number of rotatable bonds is 4. The highest BCUT2D eigenvalue weighted by atomic mass is 16.2. The molecule has 0 aromatic heterocycles. The fraction of sp³-hybridized carbons (Fsp3) is 0.375. The highest BCUT2D eigenvalue weighted by molar-refractivity contribution is 6.05. The summed E-state index contributed by atoms with van der Waals surface area (Å²) in [4.78, 5) is 38.3. The molecule has 3 amide bonds. The molecular formula is C24H26N4O3. The second kappa shape index (κ2) is 7.20. The van der Waals surface area contributed by atoms with E-state index in [0.29, 0.717) is 25.1 Å². The molecule has 3 aliphatic rings. The number of carbonyl (C=O) groups excluding carboxylic acids is 3. The van der Waals surface area contributed by atoms with Crippen LogP contribution in [0.1, 0.15) is 59.8 Å². The number of piperidine rings is 1. The maximum atomic E-state index is 13.0. The van der Waals surface area contributed by atoms with Gasteiger partial charge in [-0.2, -0.15) is 0 Å². The molecule has 3 aliphatic heterocycles. The van der Waals surface area contributed by atoms with Crippen LogP contribution in [0.4, 0.5) is 5.69 Å². The van der Waals surface area contributed by atoms with Crippen molar-refractivity contribution >= 4 is 23.4 Å². The summed E-state index contributed by atoms with van der Waals surface area (Å²) >= 11 is 0. The van der Waals surface area contributed by atoms with E-state index in [0.717, 1.165) is 16.8 Å². The second-order valence-electron chi connectivity index (χ2n) is 9.14. The summed E-state index contributed by atoms with van der Waals surface area (Å²) in [5, 5.41) is 9.57. The van der Waals surface area contributed by atoms with Gasteiger partial charge in [-0.05, 0) is 49.1 Å². The molecule has 1 saturated heterocycles. The standard InChI is InChI=1S/C24H26N4O3/c1-24(2)21(16-5-3-4-6-18(16)27-24)25-12-14-7-8-15-13-28(23(31)17(15)11-14)19-9-10-20(29)26-22(19)30/h3-8,11,19,21,25,27H,9-10,12-13H2,1-2H3,(H,26,29,30). The Morgan fingerprint density at radius 2 is 1.94 bits per heavy atom. The molecule has 160 valence electrons. The van der Waals surface area contributed by atoms with Crippen molar-refractivity contribution in [2.24, 2.45) is 0 Å². The van der Waals surface area contributed by atoms with Crippen LogP contribution in [0.15, 0.2) is 42.5 Å². The van der Waals surface area contributed by atoms with Crippen LogP contribution in [0.25, 0.3) is 0 Å². The number of amides is 3. The summed E-state index contributed by atoms with van der Waals surface area (Å²) in [6.07, 6.45) is 0.639. The lowest BCUT2D eigenvalue weighted by molar-refractivity contribution is -0.136. The first kappa shape index (κ1) is 19.8. The summed E-state index contributed by atoms with van der Waals surface area (Å²) in [6.45, 7) is 5.38. The molecule has 2 atom stereocenters. The molecule has 0 bridgehead atoms. The molecule has 3 N–H and O–H groups in total. The molecule has 2 aromatic carbocycles. The van der Waals surface area contributed by atoms with Crippen molar-refractivity contribution in [1.82, 2.24) is 15.5 Å². The van der Waals surface area contributed by atoms with Gasteiger partial charge in [-0.3, -0.25) is 19.7 Å². The van der Waals surface area contributed by atoms with Crippen LogP contribution in [0, 0.1) is 0 Å². The van der Waals surface area contributed by atoms with Gasteiger partial charge in [-0.25, -0.2) is 0 Å². The van der Waals surface area contributed by atoms with Crippen LogP contribution in [-0.4, -0.2) is 34.2 Å². The Balaban J connectivity index is 1.31. The van der Waals surface area contributed by atoms with Gasteiger partial charge in [0.2, 0.25) is 11.8 Å². The summed E-state index contributed by atoms with van der Waals surface area (Å²) < 4.78 is 0. The van der Waals surface area contributed by atoms with Gasteiger partial charge in [-0.1, -0.05) is 30.3 Å². The maximum Gasteiger partial charge on any atom is 0.255 e. The number of carbonyl (C=O) groups is 3. The van der Waals surface area contributed by atoms with E-state index in [4.69, 9.17) is 0 Å². The first-order valence-corrected chi connectivity index (χ1v) is 10.7. The smallest absolute Gasteiger partial charge is 0.255 e. The summed E-state index contributed by atoms with van der Waals surface area (Å²) in [5.74, 6) is -0.793. The minimum Gasteiger partial charge on any atom is -0.378 e. The number of para-hydroxylation sites is 1. The summed E-state index contributed by atoms with van der Waals surface area (Å²) in [7, 11) is 0. The Kier molecular flexibility index (Phi) is 4.59. The Bertz CT molecular complexity index is 1090. The van der Waals surface area contributed by atoms with E-state index < -0.39 is 6.04 Å². The third kappa shape index (κ3) is 3.39. The number of anilines is 1. The van der Waals surface area contributed by atoms with E-state index in [1.165, 1.54) is 5.56 Å². The Labute approximate surface area is 181 Å². The molecule has 0 spiro atoms. The molecule has 7 heteroatoms. The van der Waals surface area contributed by atoms with Crippen LogP contribution in [-0.2, 0) is 22.7 Å². The topological polar surface area (TPSA) is 90.5 Å². The lowest BCUT2D eigenvalue weighted by atomic mass is 9.93. The SMILES string of the molecule is CC1(C)Nc2ccccc2C1NCc1ccc2c(c1)C(=O)N(C1CCC(=O)NC1=O)C2. The predicted molar refractivity (Wildman–Crippen MR) is 116 cm³/mol. The van der Waals surface area contributed by atoms with E-state index >= 15 is 0 Å². The first-order chi connectivity index (χ1) is 14.8. The molecule has 31 heavy (non-hydrogen) atoms. The third-order valence-electron chi connectivity index (χ3n) is 6.55. The number of nitrogens with zero attached hydrogens (tertiary/aromatic N) is 1. The molecule has 0 radical (unpaired) electrons. The van der Waals surface area contributed by atoms with Crippen molar-refractivity contribution in [3.8, 4) is 0 Å². The van der Waals surface area contributed by atoms with Crippen molar-refractivity contribution < 1.29 is 14.4 Å². The Hall–Kier alpha value is -3.19. The van der Waals surface area contributed by atoms with Crippen LogP contribution in [0.5, 0.6) is 0 Å². The Morgan fingerprint density at radius 1 is 1.13 bits per heavy atom. The molecule has 1 fully saturated rings. The fourth-order valence-corrected chi connectivity index (χ4v) is 4.97. The number of fused-ring (bicyclic) bond motifs is 2. The summed E-state index contributed by atoms with van der Waals surface area (Å²) in [5.41, 5.74) is 4.86. The largest absolute Gasteiger partial charge is 0.378 e. The van der Waals surface area contributed by atoms with Gasteiger partial charge in [0.15, 0.2) is 0 Å². The minimum atomic E-state index is -0.582. The monoisotopic (exact) mass is 418 g/mol. The van der Waals surface area contributed by atoms with Gasteiger partial charge >= 0.3 is 0 Å². The quantitative estimate of drug-likeness (QED) is 0.664. The van der Waals surface area contributed by atoms with Gasteiger partial charge < -0.3 is 15.5 Å². The van der Waals surface area contributed by atoms with E-state index in [9.17, 15) is 14.4 Å². The molecule has 0 saturated carbocycles.